The van der Waals surface area contributed by atoms with Crippen LogP contribution >= 0.6 is 0 Å². The average molecular weight is 306 g/mol. The number of amides is 1. The molecule has 1 heterocycles. The quantitative estimate of drug-likeness (QED) is 0.945. The van der Waals surface area contributed by atoms with E-state index in [0.717, 1.165) is 18.4 Å². The molecule has 114 valence electrons. The fraction of sp³-hybridized carbons (Fsp3) is 0.333. The number of nitrogens with zero attached hydrogens (tertiary/aromatic N) is 1. The number of hydrogen-bond acceptors (Lipinski definition) is 4. The summed E-state index contributed by atoms with van der Waals surface area (Å²) in [7, 11) is 0. The molecule has 1 aromatic heterocycles. The van der Waals surface area contributed by atoms with Gasteiger partial charge in [0.25, 0.3) is 5.91 Å². The van der Waals surface area contributed by atoms with Crippen molar-refractivity contribution in [3.05, 3.63) is 35.0 Å². The van der Waals surface area contributed by atoms with Gasteiger partial charge in [0, 0.05) is 16.5 Å². The number of nitrogens with two attached hydrogens (primary N) is 1. The monoisotopic (exact) mass is 306 g/mol. The number of carbonyl (C=O) groups excluding carboxylic acids is 1. The first kappa shape index (κ1) is 13.2. The molecule has 0 saturated heterocycles. The van der Waals surface area contributed by atoms with Crippen molar-refractivity contribution in [2.24, 2.45) is 5.73 Å². The van der Waals surface area contributed by atoms with E-state index in [1.54, 1.807) is 6.07 Å². The van der Waals surface area contributed by atoms with Crippen molar-refractivity contribution < 1.29 is 22.8 Å². The normalized spacial score (nSPS) is 17.2. The maximum Gasteiger partial charge on any atom is 0.387 e. The molecule has 1 amide bonds. The second kappa shape index (κ2) is 4.28. The molecule has 1 spiro atoms. The number of hydrogen-bond donors (Lipinski definition) is 1. The van der Waals surface area contributed by atoms with E-state index in [-0.39, 0.29) is 16.9 Å². The number of rotatable bonds is 3. The van der Waals surface area contributed by atoms with Gasteiger partial charge >= 0.3 is 6.61 Å². The van der Waals surface area contributed by atoms with E-state index >= 15 is 0 Å². The van der Waals surface area contributed by atoms with Crippen LogP contribution in [0.15, 0.2) is 22.7 Å². The molecule has 2 aromatic rings. The van der Waals surface area contributed by atoms with Crippen LogP contribution in [0.2, 0.25) is 0 Å². The van der Waals surface area contributed by atoms with Crippen molar-refractivity contribution in [2.45, 2.75) is 31.3 Å². The maximum atomic E-state index is 12.4. The molecule has 2 aliphatic rings. The highest BCUT2D eigenvalue weighted by molar-refractivity contribution is 5.94. The minimum absolute atomic E-state index is 0.0504. The summed E-state index contributed by atoms with van der Waals surface area (Å²) in [6.07, 6.45) is 2.57. The Hall–Kier alpha value is -2.44. The predicted molar refractivity (Wildman–Crippen MR) is 71.7 cm³/mol. The van der Waals surface area contributed by atoms with Crippen LogP contribution in [0.4, 0.5) is 8.78 Å². The molecule has 7 heteroatoms. The summed E-state index contributed by atoms with van der Waals surface area (Å²) < 4.78 is 34.5. The molecule has 0 radical (unpaired) electrons. The zero-order valence-corrected chi connectivity index (χ0v) is 11.4. The largest absolute Gasteiger partial charge is 0.435 e. The zero-order valence-electron chi connectivity index (χ0n) is 11.4. The van der Waals surface area contributed by atoms with Crippen LogP contribution in [0.3, 0.4) is 0 Å². The minimum atomic E-state index is -2.90. The number of halogens is 2. The van der Waals surface area contributed by atoms with E-state index in [9.17, 15) is 13.6 Å². The average Bonchev–Trinajstić information content (AvgIpc) is 3.08. The van der Waals surface area contributed by atoms with Gasteiger partial charge in [0.15, 0.2) is 11.5 Å². The number of carbonyl (C=O) groups is 1. The van der Waals surface area contributed by atoms with Crippen LogP contribution in [-0.4, -0.2) is 17.7 Å². The SMILES string of the molecule is NC(=O)c1noc2c1CC1(CC1)c1ccc(OC(F)F)cc1-2. The Kier molecular flexibility index (Phi) is 2.58. The van der Waals surface area contributed by atoms with Crippen molar-refractivity contribution in [1.82, 2.24) is 5.16 Å². The number of aromatic nitrogens is 1. The first-order valence-corrected chi connectivity index (χ1v) is 6.88. The van der Waals surface area contributed by atoms with Gasteiger partial charge in [-0.1, -0.05) is 11.2 Å². The lowest BCUT2D eigenvalue weighted by Gasteiger charge is -2.24. The van der Waals surface area contributed by atoms with Gasteiger partial charge in [-0.2, -0.15) is 8.78 Å². The molecule has 1 fully saturated rings. The summed E-state index contributed by atoms with van der Waals surface area (Å²) in [5, 5.41) is 3.74. The zero-order chi connectivity index (χ0) is 15.5. The molecule has 0 bridgehead atoms. The molecule has 1 aromatic carbocycles. The van der Waals surface area contributed by atoms with E-state index in [1.807, 2.05) is 0 Å². The van der Waals surface area contributed by atoms with Crippen LogP contribution in [0.25, 0.3) is 11.3 Å². The fourth-order valence-electron chi connectivity index (χ4n) is 3.26. The third-order valence-electron chi connectivity index (χ3n) is 4.42. The van der Waals surface area contributed by atoms with Crippen LogP contribution < -0.4 is 10.5 Å². The second-order valence-electron chi connectivity index (χ2n) is 5.75. The van der Waals surface area contributed by atoms with Gasteiger partial charge in [-0.05, 0) is 37.0 Å². The lowest BCUT2D eigenvalue weighted by molar-refractivity contribution is -0.0498. The first-order valence-electron chi connectivity index (χ1n) is 6.88. The van der Waals surface area contributed by atoms with Gasteiger partial charge in [-0.3, -0.25) is 4.79 Å². The Morgan fingerprint density at radius 3 is 2.82 bits per heavy atom. The van der Waals surface area contributed by atoms with Gasteiger partial charge in [-0.15, -0.1) is 0 Å². The lowest BCUT2D eigenvalue weighted by Crippen LogP contribution is -2.21. The fourth-order valence-corrected chi connectivity index (χ4v) is 3.26. The van der Waals surface area contributed by atoms with Crippen LogP contribution in [-0.2, 0) is 11.8 Å². The molecule has 0 unspecified atom stereocenters. The van der Waals surface area contributed by atoms with Crippen LogP contribution in [0.1, 0.15) is 34.5 Å². The van der Waals surface area contributed by atoms with Gasteiger partial charge in [0.2, 0.25) is 0 Å². The number of fused-ring (bicyclic) bond motifs is 4. The summed E-state index contributed by atoms with van der Waals surface area (Å²) in [6, 6.07) is 4.83. The summed E-state index contributed by atoms with van der Waals surface area (Å²) >= 11 is 0. The third-order valence-corrected chi connectivity index (χ3v) is 4.42. The van der Waals surface area contributed by atoms with Gasteiger partial charge in [-0.25, -0.2) is 0 Å². The van der Waals surface area contributed by atoms with Crippen molar-refractivity contribution in [1.29, 1.82) is 0 Å². The molecule has 4 rings (SSSR count). The smallest absolute Gasteiger partial charge is 0.387 e. The molecule has 5 nitrogen and oxygen atoms in total. The Morgan fingerprint density at radius 1 is 1.41 bits per heavy atom. The highest BCUT2D eigenvalue weighted by Crippen LogP contribution is 2.58. The molecule has 0 aliphatic heterocycles. The molecule has 2 aliphatic carbocycles. The predicted octanol–water partition coefficient (Wildman–Crippen LogP) is 2.63. The van der Waals surface area contributed by atoms with Crippen molar-refractivity contribution >= 4 is 5.91 Å². The molecular formula is C15H12F2N2O3. The van der Waals surface area contributed by atoms with Crippen molar-refractivity contribution in [2.75, 3.05) is 0 Å². The number of alkyl halides is 2. The number of benzene rings is 1. The second-order valence-corrected chi connectivity index (χ2v) is 5.75. The van der Waals surface area contributed by atoms with E-state index in [0.29, 0.717) is 23.3 Å². The summed E-state index contributed by atoms with van der Waals surface area (Å²) in [5.41, 5.74) is 7.70. The number of ether oxygens (including phenoxy) is 1. The van der Waals surface area contributed by atoms with Crippen molar-refractivity contribution in [3.63, 3.8) is 0 Å². The lowest BCUT2D eigenvalue weighted by atomic mass is 9.78. The van der Waals surface area contributed by atoms with Gasteiger partial charge in [0.1, 0.15) is 5.75 Å². The summed E-state index contributed by atoms with van der Waals surface area (Å²) in [4.78, 5) is 11.5. The Balaban J connectivity index is 1.88. The van der Waals surface area contributed by atoms with E-state index in [4.69, 9.17) is 10.3 Å². The van der Waals surface area contributed by atoms with E-state index in [1.165, 1.54) is 12.1 Å². The van der Waals surface area contributed by atoms with E-state index < -0.39 is 12.5 Å². The molecule has 2 N–H and O–H groups in total. The molecule has 1 saturated carbocycles. The minimum Gasteiger partial charge on any atom is -0.435 e. The Labute approximate surface area is 124 Å². The number of primary amides is 1. The maximum absolute atomic E-state index is 12.4. The van der Waals surface area contributed by atoms with E-state index in [2.05, 4.69) is 9.89 Å². The Bertz CT molecular complexity index is 781. The third kappa shape index (κ3) is 1.81. The first-order chi connectivity index (χ1) is 10.5. The molecular weight excluding hydrogens is 294 g/mol. The Morgan fingerprint density at radius 2 is 2.18 bits per heavy atom. The van der Waals surface area contributed by atoms with Gasteiger partial charge in [0.05, 0.1) is 0 Å². The standard InChI is InChI=1S/C15H12F2N2O3/c16-14(17)21-7-1-2-10-8(5-7)12-9(6-15(10)3-4-15)11(13(18)20)19-22-12/h1-2,5,14H,3-4,6H2,(H2,18,20). The highest BCUT2D eigenvalue weighted by atomic mass is 19.3. The van der Waals surface area contributed by atoms with Crippen molar-refractivity contribution in [3.8, 4) is 17.1 Å². The molecule has 22 heavy (non-hydrogen) atoms. The van der Waals surface area contributed by atoms with Gasteiger partial charge < -0.3 is 15.0 Å². The summed E-state index contributed by atoms with van der Waals surface area (Å²) in [5.74, 6) is -0.181. The highest BCUT2D eigenvalue weighted by Gasteiger charge is 2.50. The molecule has 0 atom stereocenters. The van der Waals surface area contributed by atoms with Crippen LogP contribution in [0.5, 0.6) is 5.75 Å². The van der Waals surface area contributed by atoms with Crippen LogP contribution in [0, 0.1) is 0 Å². The summed E-state index contributed by atoms with van der Waals surface area (Å²) in [6.45, 7) is -2.90. The topological polar surface area (TPSA) is 78.4 Å².